The van der Waals surface area contributed by atoms with Crippen molar-refractivity contribution in [3.8, 4) is 5.75 Å². The number of hydrogen-bond acceptors (Lipinski definition) is 12. The monoisotopic (exact) mass is 847 g/mol. The predicted octanol–water partition coefficient (Wildman–Crippen LogP) is 6.87. The van der Waals surface area contributed by atoms with E-state index in [-0.39, 0.29) is 46.2 Å². The van der Waals surface area contributed by atoms with Gasteiger partial charge in [0.2, 0.25) is 18.1 Å². The number of methoxy groups -OCH3 is 2. The van der Waals surface area contributed by atoms with Crippen LogP contribution in [0.4, 0.5) is 20.6 Å². The first-order chi connectivity index (χ1) is 27.6. The number of ether oxygens (including phenoxy) is 7. The van der Waals surface area contributed by atoms with E-state index in [1.165, 1.54) is 44.4 Å². The highest BCUT2D eigenvalue weighted by atomic mass is 35.5. The molecule has 3 aromatic carbocycles. The number of fused-ring (bicyclic) bond motifs is 2. The Kier molecular flexibility index (Phi) is 15.0. The lowest BCUT2D eigenvalue weighted by Gasteiger charge is -2.37. The molecule has 2 aliphatic heterocycles. The minimum atomic E-state index is -1.46. The third-order valence-electron chi connectivity index (χ3n) is 9.70. The first-order valence-corrected chi connectivity index (χ1v) is 19.4. The second kappa shape index (κ2) is 19.5. The van der Waals surface area contributed by atoms with Gasteiger partial charge in [-0.05, 0) is 59.4 Å². The van der Waals surface area contributed by atoms with Crippen molar-refractivity contribution in [3.63, 3.8) is 0 Å². The van der Waals surface area contributed by atoms with Crippen LogP contribution in [0.2, 0.25) is 10.0 Å². The quantitative estimate of drug-likeness (QED) is 0.0734. The van der Waals surface area contributed by atoms with Crippen molar-refractivity contribution in [3.05, 3.63) is 87.2 Å². The van der Waals surface area contributed by atoms with Gasteiger partial charge < -0.3 is 49.1 Å². The molecule has 2 amide bonds. The topological polar surface area (TPSA) is 169 Å². The molecule has 5 atom stereocenters. The van der Waals surface area contributed by atoms with Gasteiger partial charge in [-0.2, -0.15) is 0 Å². The Morgan fingerprint density at radius 2 is 1.64 bits per heavy atom. The van der Waals surface area contributed by atoms with Crippen LogP contribution in [-0.2, 0) is 43.4 Å². The van der Waals surface area contributed by atoms with E-state index in [0.29, 0.717) is 49.1 Å². The molecule has 3 N–H and O–H groups in total. The van der Waals surface area contributed by atoms with Crippen molar-refractivity contribution >= 4 is 58.5 Å². The first kappa shape index (κ1) is 44.6. The molecule has 3 aromatic rings. The summed E-state index contributed by atoms with van der Waals surface area (Å²) in [5.41, 5.74) is -0.504. The first-order valence-electron chi connectivity index (χ1n) is 18.6. The fourth-order valence-corrected chi connectivity index (χ4v) is 7.70. The zero-order valence-corrected chi connectivity index (χ0v) is 34.6. The largest absolute Gasteiger partial charge is 0.511 e. The van der Waals surface area contributed by atoms with E-state index in [2.05, 4.69) is 16.0 Å². The Hall–Kier alpha value is -4.51. The van der Waals surface area contributed by atoms with E-state index >= 15 is 4.39 Å². The van der Waals surface area contributed by atoms with Crippen LogP contribution >= 0.6 is 23.2 Å². The highest BCUT2D eigenvalue weighted by Gasteiger charge is 2.66. The Labute approximate surface area is 346 Å². The number of nitrogens with one attached hydrogen (secondary N) is 3. The van der Waals surface area contributed by atoms with Gasteiger partial charge in [0.15, 0.2) is 0 Å². The van der Waals surface area contributed by atoms with E-state index < -0.39 is 59.5 Å². The molecule has 1 unspecified atom stereocenters. The van der Waals surface area contributed by atoms with Crippen molar-refractivity contribution in [1.29, 1.82) is 0 Å². The Morgan fingerprint density at radius 3 is 2.33 bits per heavy atom. The van der Waals surface area contributed by atoms with Crippen LogP contribution in [0.5, 0.6) is 5.75 Å². The third kappa shape index (κ3) is 10.2. The summed E-state index contributed by atoms with van der Waals surface area (Å²) in [6.07, 6.45) is -1.97. The van der Waals surface area contributed by atoms with E-state index in [1.807, 2.05) is 20.8 Å². The fraction of sp³-hybridized carbons (Fsp3) is 0.463. The van der Waals surface area contributed by atoms with Crippen LogP contribution < -0.4 is 20.7 Å². The molecular weight excluding hydrogens is 800 g/mol. The maximum atomic E-state index is 16.2. The molecule has 0 saturated carbocycles. The van der Waals surface area contributed by atoms with Crippen LogP contribution in [0.25, 0.3) is 0 Å². The highest BCUT2D eigenvalue weighted by Crippen LogP contribution is 2.57. The van der Waals surface area contributed by atoms with E-state index in [0.717, 1.165) is 0 Å². The van der Waals surface area contributed by atoms with Crippen molar-refractivity contribution in [2.75, 3.05) is 64.5 Å². The lowest BCUT2D eigenvalue weighted by Crippen LogP contribution is -2.49. The highest BCUT2D eigenvalue weighted by molar-refractivity contribution is 6.31. The number of benzene rings is 3. The Morgan fingerprint density at radius 1 is 0.931 bits per heavy atom. The predicted molar refractivity (Wildman–Crippen MR) is 213 cm³/mol. The molecule has 2 heterocycles. The fourth-order valence-electron chi connectivity index (χ4n) is 7.34. The molecule has 0 aliphatic carbocycles. The number of carbonyl (C=O) groups excluding carboxylic acids is 4. The number of esters is 1. The summed E-state index contributed by atoms with van der Waals surface area (Å²) in [4.78, 5) is 54.1. The molecule has 17 heteroatoms. The van der Waals surface area contributed by atoms with Crippen LogP contribution in [0.3, 0.4) is 0 Å². The van der Waals surface area contributed by atoms with Gasteiger partial charge in [0.1, 0.15) is 23.6 Å². The number of anilines is 2. The minimum Gasteiger partial charge on any atom is -0.495 e. The van der Waals surface area contributed by atoms with Gasteiger partial charge >= 0.3 is 12.1 Å². The molecule has 2 aliphatic rings. The molecule has 58 heavy (non-hydrogen) atoms. The summed E-state index contributed by atoms with van der Waals surface area (Å²) in [5.74, 6) is -3.64. The van der Waals surface area contributed by atoms with Crippen LogP contribution in [0.1, 0.15) is 61.5 Å². The number of hydrogen-bond donors (Lipinski definition) is 3. The molecule has 314 valence electrons. The van der Waals surface area contributed by atoms with Crippen molar-refractivity contribution in [1.82, 2.24) is 5.32 Å². The third-order valence-corrected chi connectivity index (χ3v) is 10.2. The van der Waals surface area contributed by atoms with Crippen molar-refractivity contribution in [2.24, 2.45) is 5.41 Å². The average Bonchev–Trinajstić information content (AvgIpc) is 3.64. The van der Waals surface area contributed by atoms with Gasteiger partial charge in [-0.15, -0.1) is 0 Å². The van der Waals surface area contributed by atoms with Crippen molar-refractivity contribution < 1.29 is 56.7 Å². The number of carbonyl (C=O) groups is 4. The van der Waals surface area contributed by atoms with E-state index in [1.54, 1.807) is 31.4 Å². The Balaban J connectivity index is 1.32. The Bertz CT molecular complexity index is 1980. The number of amides is 2. The van der Waals surface area contributed by atoms with Gasteiger partial charge in [0.05, 0.1) is 62.5 Å². The molecule has 14 nitrogen and oxygen atoms in total. The lowest BCUT2D eigenvalue weighted by atomic mass is 9.62. The van der Waals surface area contributed by atoms with Gasteiger partial charge in [0, 0.05) is 36.7 Å². The van der Waals surface area contributed by atoms with Crippen LogP contribution in [0, 0.1) is 11.2 Å². The molecule has 1 spiro atoms. The van der Waals surface area contributed by atoms with Crippen molar-refractivity contribution in [2.45, 2.75) is 63.8 Å². The summed E-state index contributed by atoms with van der Waals surface area (Å²) in [6, 6.07) is 11.9. The maximum Gasteiger partial charge on any atom is 0.511 e. The average molecular weight is 849 g/mol. The molecule has 0 aromatic heterocycles. The maximum absolute atomic E-state index is 16.2. The van der Waals surface area contributed by atoms with Gasteiger partial charge in [0.25, 0.3) is 0 Å². The van der Waals surface area contributed by atoms with Gasteiger partial charge in [-0.3, -0.25) is 9.59 Å². The summed E-state index contributed by atoms with van der Waals surface area (Å²) in [7, 11) is 2.92. The van der Waals surface area contributed by atoms with E-state index in [4.69, 9.17) is 56.4 Å². The minimum absolute atomic E-state index is 0.0136. The van der Waals surface area contributed by atoms with Gasteiger partial charge in [-0.25, -0.2) is 14.0 Å². The summed E-state index contributed by atoms with van der Waals surface area (Å²) in [6.45, 7) is 8.94. The van der Waals surface area contributed by atoms with Crippen LogP contribution in [0.15, 0.2) is 54.6 Å². The second-order valence-electron chi connectivity index (χ2n) is 14.9. The summed E-state index contributed by atoms with van der Waals surface area (Å²) < 4.78 is 52.4. The van der Waals surface area contributed by atoms with Gasteiger partial charge in [-0.1, -0.05) is 62.2 Å². The molecule has 5 rings (SSSR count). The normalized spacial score (nSPS) is 20.3. The molecular formula is C41H48Cl2FN3O11. The zero-order chi connectivity index (χ0) is 42.2. The second-order valence-corrected chi connectivity index (χ2v) is 15.8. The zero-order valence-electron chi connectivity index (χ0n) is 33.1. The standard InChI is InChI=1S/C41H48Cl2FN3O11/c1-23(58-39(51)56-19-18-55-17-16-54-15-14-52-5)57-37(49)24-10-13-29(31(20-24)53-6)45-36(48)35-33(26-8-7-9-28(43)34(26)44)41(32(47-35)22-40(2,3)4)27-12-11-25(42)21-30(27)46-38(41)50/h7-13,20-21,23,32-33,35,47H,14-19,22H2,1-6H3,(H,45,48)(H,46,50)/t23?,32-,33-,35+,41+/m0/s1. The van der Waals surface area contributed by atoms with Crippen LogP contribution in [-0.4, -0.2) is 96.2 Å². The summed E-state index contributed by atoms with van der Waals surface area (Å²) >= 11 is 12.7. The summed E-state index contributed by atoms with van der Waals surface area (Å²) in [5, 5.41) is 9.45. The number of rotatable bonds is 17. The molecule has 0 radical (unpaired) electrons. The molecule has 1 saturated heterocycles. The molecule has 0 bridgehead atoms. The number of halogens is 3. The van der Waals surface area contributed by atoms with E-state index in [9.17, 15) is 19.2 Å². The molecule has 1 fully saturated rings. The lowest BCUT2D eigenvalue weighted by molar-refractivity contribution is -0.122. The smallest absolute Gasteiger partial charge is 0.495 e. The SMILES string of the molecule is COCCOCCOCCOC(=O)OC(C)OC(=O)c1ccc(NC(=O)[C@@H]2N[C@@H](CC(C)(C)C)[C@@]3(C(=O)Nc4cc(Cl)ccc43)[C@H]2c2cccc(Cl)c2F)c(OC)c1.